The van der Waals surface area contributed by atoms with Gasteiger partial charge in [0.15, 0.2) is 12.6 Å². The van der Waals surface area contributed by atoms with Crippen molar-refractivity contribution in [3.8, 4) is 0 Å². The molecule has 0 bridgehead atoms. The van der Waals surface area contributed by atoms with E-state index in [2.05, 4.69) is 6.92 Å². The Morgan fingerprint density at radius 3 is 1.93 bits per heavy atom. The third kappa shape index (κ3) is 6.05. The summed E-state index contributed by atoms with van der Waals surface area (Å²) in [6, 6.07) is 0. The Hall–Kier alpha value is -0.440. The zero-order valence-electron chi connectivity index (χ0n) is 16.5. The smallest absolute Gasteiger partial charge is 0.187 e. The minimum Gasteiger partial charge on any atom is -0.394 e. The van der Waals surface area contributed by atoms with Crippen molar-refractivity contribution in [3.63, 3.8) is 0 Å². The molecule has 11 heteroatoms. The lowest BCUT2D eigenvalue weighted by Gasteiger charge is -2.45. The van der Waals surface area contributed by atoms with E-state index < -0.39 is 74.6 Å². The maximum Gasteiger partial charge on any atom is 0.187 e. The first-order chi connectivity index (χ1) is 13.8. The van der Waals surface area contributed by atoms with Crippen molar-refractivity contribution in [3.05, 3.63) is 0 Å². The van der Waals surface area contributed by atoms with Crippen molar-refractivity contribution in [2.45, 2.75) is 94.0 Å². The molecule has 0 unspecified atom stereocenters. The second-order valence-electron chi connectivity index (χ2n) is 7.44. The van der Waals surface area contributed by atoms with Gasteiger partial charge in [-0.15, -0.1) is 0 Å². The lowest BCUT2D eigenvalue weighted by molar-refractivity contribution is -0.359. The number of hydrogen-bond donors (Lipinski definition) is 7. The molecule has 0 aromatic carbocycles. The van der Waals surface area contributed by atoms with Crippen LogP contribution in [0.1, 0.15) is 32.6 Å². The van der Waals surface area contributed by atoms with Gasteiger partial charge >= 0.3 is 0 Å². The largest absolute Gasteiger partial charge is 0.394 e. The second-order valence-corrected chi connectivity index (χ2v) is 7.44. The van der Waals surface area contributed by atoms with Crippen molar-refractivity contribution in [1.29, 1.82) is 0 Å². The Labute approximate surface area is 169 Å². The second kappa shape index (κ2) is 11.8. The van der Waals surface area contributed by atoms with Crippen molar-refractivity contribution < 1.29 is 54.7 Å². The molecule has 0 aromatic rings. The molecular formula is C18H34O11. The summed E-state index contributed by atoms with van der Waals surface area (Å²) in [5.41, 5.74) is 0. The van der Waals surface area contributed by atoms with Crippen LogP contribution in [0, 0.1) is 0 Å². The summed E-state index contributed by atoms with van der Waals surface area (Å²) in [6.45, 7) is 1.16. The molecular weight excluding hydrogens is 392 g/mol. The maximum atomic E-state index is 10.5. The quantitative estimate of drug-likeness (QED) is 0.180. The van der Waals surface area contributed by atoms with Crippen molar-refractivity contribution >= 4 is 0 Å². The highest BCUT2D eigenvalue weighted by atomic mass is 16.7. The number of rotatable bonds is 10. The van der Waals surface area contributed by atoms with E-state index in [1.54, 1.807) is 0 Å². The molecule has 0 radical (unpaired) electrons. The predicted octanol–water partition coefficient (Wildman–Crippen LogP) is -2.79. The molecule has 11 nitrogen and oxygen atoms in total. The van der Waals surface area contributed by atoms with Crippen LogP contribution in [0.3, 0.4) is 0 Å². The van der Waals surface area contributed by atoms with E-state index in [4.69, 9.17) is 18.9 Å². The highest BCUT2D eigenvalue weighted by Gasteiger charge is 2.50. The summed E-state index contributed by atoms with van der Waals surface area (Å²) in [6.07, 6.45) is -10.5. The van der Waals surface area contributed by atoms with Gasteiger partial charge in [0.1, 0.15) is 48.8 Å². The fourth-order valence-corrected chi connectivity index (χ4v) is 3.42. The van der Waals surface area contributed by atoms with Crippen LogP contribution in [0.2, 0.25) is 0 Å². The molecule has 2 rings (SSSR count). The van der Waals surface area contributed by atoms with Crippen LogP contribution in [0.5, 0.6) is 0 Å². The summed E-state index contributed by atoms with van der Waals surface area (Å²) in [5, 5.41) is 69.4. The lowest BCUT2D eigenvalue weighted by Crippen LogP contribution is -2.64. The molecule has 172 valence electrons. The van der Waals surface area contributed by atoms with Gasteiger partial charge in [-0.3, -0.25) is 0 Å². The van der Waals surface area contributed by atoms with Crippen LogP contribution < -0.4 is 0 Å². The van der Waals surface area contributed by atoms with Gasteiger partial charge in [0.05, 0.1) is 13.2 Å². The summed E-state index contributed by atoms with van der Waals surface area (Å²) in [7, 11) is 0. The number of ether oxygens (including phenoxy) is 4. The SMILES string of the molecule is CCCCCCO[C@@H]1O[C@H](CO)[C@@H](O[C@H]2O[C@H](CO)[C@@H](O)[C@H](O)[C@H]2O)[C@H](O)[C@H]1O. The van der Waals surface area contributed by atoms with Crippen LogP contribution in [0.4, 0.5) is 0 Å². The van der Waals surface area contributed by atoms with E-state index in [1.807, 2.05) is 0 Å². The zero-order valence-corrected chi connectivity index (χ0v) is 16.5. The molecule has 29 heavy (non-hydrogen) atoms. The molecule has 10 atom stereocenters. The monoisotopic (exact) mass is 426 g/mol. The van der Waals surface area contributed by atoms with Gasteiger partial charge in [-0.2, -0.15) is 0 Å². The first kappa shape index (κ1) is 24.8. The normalized spacial score (nSPS) is 43.4. The van der Waals surface area contributed by atoms with E-state index in [0.717, 1.165) is 25.7 Å². The van der Waals surface area contributed by atoms with Gasteiger partial charge in [-0.1, -0.05) is 26.2 Å². The molecule has 0 aliphatic carbocycles. The lowest BCUT2D eigenvalue weighted by atomic mass is 9.97. The topological polar surface area (TPSA) is 179 Å². The molecule has 2 aliphatic rings. The van der Waals surface area contributed by atoms with Gasteiger partial charge < -0.3 is 54.7 Å². The van der Waals surface area contributed by atoms with Crippen molar-refractivity contribution in [1.82, 2.24) is 0 Å². The molecule has 2 fully saturated rings. The molecule has 0 amide bonds. The fraction of sp³-hybridized carbons (Fsp3) is 1.00. The zero-order chi connectivity index (χ0) is 21.6. The van der Waals surface area contributed by atoms with Gasteiger partial charge in [0, 0.05) is 6.61 Å². The van der Waals surface area contributed by atoms with Crippen LogP contribution >= 0.6 is 0 Å². The van der Waals surface area contributed by atoms with Crippen LogP contribution in [-0.2, 0) is 18.9 Å². The van der Waals surface area contributed by atoms with Gasteiger partial charge in [0.25, 0.3) is 0 Å². The molecule has 0 aromatic heterocycles. The number of hydrogen-bond acceptors (Lipinski definition) is 11. The van der Waals surface area contributed by atoms with Gasteiger partial charge in [-0.05, 0) is 6.42 Å². The maximum absolute atomic E-state index is 10.5. The predicted molar refractivity (Wildman–Crippen MR) is 96.5 cm³/mol. The molecule has 0 spiro atoms. The number of aliphatic hydroxyl groups is 7. The Bertz CT molecular complexity index is 463. The molecule has 2 saturated heterocycles. The molecule has 2 aliphatic heterocycles. The highest BCUT2D eigenvalue weighted by molar-refractivity contribution is 4.94. The third-order valence-electron chi connectivity index (χ3n) is 5.24. The van der Waals surface area contributed by atoms with Crippen molar-refractivity contribution in [2.75, 3.05) is 19.8 Å². The van der Waals surface area contributed by atoms with Crippen LogP contribution in [0.15, 0.2) is 0 Å². The first-order valence-corrected chi connectivity index (χ1v) is 10.1. The third-order valence-corrected chi connectivity index (χ3v) is 5.24. The Kier molecular flexibility index (Phi) is 10.1. The van der Waals surface area contributed by atoms with E-state index in [1.165, 1.54) is 0 Å². The van der Waals surface area contributed by atoms with Crippen molar-refractivity contribution in [2.24, 2.45) is 0 Å². The summed E-state index contributed by atoms with van der Waals surface area (Å²) in [4.78, 5) is 0. The Balaban J connectivity index is 1.98. The van der Waals surface area contributed by atoms with Gasteiger partial charge in [0.2, 0.25) is 0 Å². The van der Waals surface area contributed by atoms with E-state index in [-0.39, 0.29) is 0 Å². The van der Waals surface area contributed by atoms with E-state index >= 15 is 0 Å². The van der Waals surface area contributed by atoms with Crippen LogP contribution in [-0.4, -0.2) is 117 Å². The summed E-state index contributed by atoms with van der Waals surface area (Å²) < 4.78 is 21.7. The minimum absolute atomic E-state index is 0.310. The molecule has 0 saturated carbocycles. The standard InChI is InChI=1S/C18H34O11/c1-2-3-4-5-6-26-17-15(25)13(23)16(10(8-20)28-17)29-18-14(24)12(22)11(21)9(7-19)27-18/h9-25H,2-8H2,1H3/t9-,10-,11-,12+,13-,14-,15-,16-,17-,18-/m1/s1. The fourth-order valence-electron chi connectivity index (χ4n) is 3.42. The average molecular weight is 426 g/mol. The molecule has 2 heterocycles. The Morgan fingerprint density at radius 1 is 0.690 bits per heavy atom. The Morgan fingerprint density at radius 2 is 1.31 bits per heavy atom. The number of unbranched alkanes of at least 4 members (excludes halogenated alkanes) is 3. The average Bonchev–Trinajstić information content (AvgIpc) is 2.72. The first-order valence-electron chi connectivity index (χ1n) is 10.1. The highest BCUT2D eigenvalue weighted by Crippen LogP contribution is 2.29. The molecule has 7 N–H and O–H groups in total. The van der Waals surface area contributed by atoms with Crippen LogP contribution in [0.25, 0.3) is 0 Å². The minimum atomic E-state index is -1.69. The van der Waals surface area contributed by atoms with E-state index in [0.29, 0.717) is 6.61 Å². The van der Waals surface area contributed by atoms with Gasteiger partial charge in [-0.25, -0.2) is 0 Å². The summed E-state index contributed by atoms with van der Waals surface area (Å²) >= 11 is 0. The van der Waals surface area contributed by atoms with E-state index in [9.17, 15) is 35.7 Å². The summed E-state index contributed by atoms with van der Waals surface area (Å²) in [5.74, 6) is 0. The number of aliphatic hydroxyl groups excluding tert-OH is 7.